The van der Waals surface area contributed by atoms with Gasteiger partial charge in [0.05, 0.1) is 23.8 Å². The number of nitrogens with one attached hydrogen (secondary N) is 1. The van der Waals surface area contributed by atoms with Crippen LogP contribution in [0.15, 0.2) is 28.3 Å². The third-order valence-corrected chi connectivity index (χ3v) is 4.90. The molecule has 11 heteroatoms. The lowest BCUT2D eigenvalue weighted by Gasteiger charge is -2.16. The molecule has 1 aliphatic heterocycles. The lowest BCUT2D eigenvalue weighted by Crippen LogP contribution is -2.35. The first-order valence-electron chi connectivity index (χ1n) is 8.27. The summed E-state index contributed by atoms with van der Waals surface area (Å²) in [5, 5.41) is 2.36. The topological polar surface area (TPSA) is 86.1 Å². The molecule has 2 aromatic rings. The fourth-order valence-corrected chi connectivity index (χ4v) is 3.51. The maximum Gasteiger partial charge on any atom is 0.405 e. The van der Waals surface area contributed by atoms with Crippen LogP contribution in [0.1, 0.15) is 12.8 Å². The molecule has 146 valence electrons. The van der Waals surface area contributed by atoms with Gasteiger partial charge in [-0.25, -0.2) is 9.97 Å². The molecule has 0 unspecified atom stereocenters. The molecule has 1 aliphatic rings. The molecule has 0 aromatic carbocycles. The largest absolute Gasteiger partial charge is 0.405 e. The molecule has 3 rings (SSSR count). The van der Waals surface area contributed by atoms with Gasteiger partial charge in [-0.1, -0.05) is 11.8 Å². The summed E-state index contributed by atoms with van der Waals surface area (Å²) >= 11 is 0.895. The van der Waals surface area contributed by atoms with Gasteiger partial charge >= 0.3 is 6.18 Å². The van der Waals surface area contributed by atoms with Gasteiger partial charge in [-0.2, -0.15) is 13.2 Å². The van der Waals surface area contributed by atoms with E-state index in [1.54, 1.807) is 17.4 Å². The Morgan fingerprint density at radius 1 is 1.44 bits per heavy atom. The normalized spacial score (nSPS) is 17.4. The van der Waals surface area contributed by atoms with Gasteiger partial charge in [-0.3, -0.25) is 14.2 Å². The Morgan fingerprint density at radius 3 is 2.96 bits per heavy atom. The average Bonchev–Trinajstić information content (AvgIpc) is 3.13. The van der Waals surface area contributed by atoms with Crippen molar-refractivity contribution in [3.8, 4) is 0 Å². The number of pyridine rings is 1. The summed E-state index contributed by atoms with van der Waals surface area (Å²) in [4.78, 5) is 32.9. The summed E-state index contributed by atoms with van der Waals surface area (Å²) in [5.74, 6) is -1.09. The van der Waals surface area contributed by atoms with Crippen molar-refractivity contribution < 1.29 is 22.7 Å². The zero-order valence-corrected chi connectivity index (χ0v) is 15.0. The van der Waals surface area contributed by atoms with E-state index < -0.39 is 18.6 Å². The van der Waals surface area contributed by atoms with Gasteiger partial charge in [0.2, 0.25) is 5.91 Å². The first-order chi connectivity index (χ1) is 12.8. The van der Waals surface area contributed by atoms with Crippen molar-refractivity contribution in [2.24, 2.45) is 0 Å². The van der Waals surface area contributed by atoms with E-state index in [1.165, 1.54) is 10.8 Å². The quantitative estimate of drug-likeness (QED) is 0.585. The number of ether oxygens (including phenoxy) is 1. The van der Waals surface area contributed by atoms with Crippen LogP contribution in [0.4, 0.5) is 13.2 Å². The Hall–Kier alpha value is -2.14. The van der Waals surface area contributed by atoms with Crippen LogP contribution in [0.3, 0.4) is 0 Å². The van der Waals surface area contributed by atoms with Crippen molar-refractivity contribution in [3.05, 3.63) is 28.7 Å². The van der Waals surface area contributed by atoms with E-state index in [0.29, 0.717) is 12.0 Å². The van der Waals surface area contributed by atoms with Crippen molar-refractivity contribution in [2.45, 2.75) is 36.8 Å². The average molecular weight is 402 g/mol. The first kappa shape index (κ1) is 19.6. The number of hydrogen-bond acceptors (Lipinski definition) is 6. The summed E-state index contributed by atoms with van der Waals surface area (Å²) in [6, 6.07) is 3.23. The minimum atomic E-state index is -4.48. The number of carbonyl (C=O) groups is 1. The summed E-state index contributed by atoms with van der Waals surface area (Å²) < 4.78 is 43.6. The number of alkyl halides is 3. The highest BCUT2D eigenvalue weighted by Crippen LogP contribution is 2.20. The van der Waals surface area contributed by atoms with E-state index in [9.17, 15) is 22.8 Å². The number of halogens is 3. The first-order valence-corrected chi connectivity index (χ1v) is 9.25. The van der Waals surface area contributed by atoms with Crippen molar-refractivity contribution in [1.82, 2.24) is 19.9 Å². The SMILES string of the molecule is O=C(CSc1nc2ncccc2c(=O)n1C[C@@H]1CCCO1)NCC(F)(F)F. The Labute approximate surface area is 156 Å². The maximum atomic E-state index is 12.8. The molecule has 1 amide bonds. The Kier molecular flexibility index (Phi) is 6.00. The third-order valence-electron chi connectivity index (χ3n) is 3.92. The van der Waals surface area contributed by atoms with E-state index in [1.807, 2.05) is 0 Å². The highest BCUT2D eigenvalue weighted by Gasteiger charge is 2.28. The van der Waals surface area contributed by atoms with E-state index in [4.69, 9.17) is 4.74 Å². The van der Waals surface area contributed by atoms with Crippen LogP contribution in [0.5, 0.6) is 0 Å². The monoisotopic (exact) mass is 402 g/mol. The number of nitrogens with zero attached hydrogens (tertiary/aromatic N) is 3. The van der Waals surface area contributed by atoms with E-state index in [2.05, 4.69) is 9.97 Å². The van der Waals surface area contributed by atoms with Crippen LogP contribution in [-0.4, -0.2) is 51.6 Å². The molecule has 7 nitrogen and oxygen atoms in total. The molecule has 2 aromatic heterocycles. The van der Waals surface area contributed by atoms with E-state index in [0.717, 1.165) is 24.6 Å². The van der Waals surface area contributed by atoms with Crippen LogP contribution in [0.2, 0.25) is 0 Å². The van der Waals surface area contributed by atoms with Gasteiger partial charge in [0, 0.05) is 12.8 Å². The molecule has 1 fully saturated rings. The molecule has 0 spiro atoms. The van der Waals surface area contributed by atoms with Crippen molar-refractivity contribution in [3.63, 3.8) is 0 Å². The van der Waals surface area contributed by atoms with Gasteiger partial charge in [-0.05, 0) is 25.0 Å². The Morgan fingerprint density at radius 2 is 2.26 bits per heavy atom. The fourth-order valence-electron chi connectivity index (χ4n) is 2.68. The van der Waals surface area contributed by atoms with Gasteiger partial charge in [0.15, 0.2) is 10.8 Å². The Bertz CT molecular complexity index is 881. The lowest BCUT2D eigenvalue weighted by atomic mass is 10.2. The lowest BCUT2D eigenvalue weighted by molar-refractivity contribution is -0.136. The van der Waals surface area contributed by atoms with Crippen LogP contribution >= 0.6 is 11.8 Å². The van der Waals surface area contributed by atoms with Crippen molar-refractivity contribution in [1.29, 1.82) is 0 Å². The zero-order valence-electron chi connectivity index (χ0n) is 14.2. The number of fused-ring (bicyclic) bond motifs is 1. The molecule has 1 N–H and O–H groups in total. The van der Waals surface area contributed by atoms with Crippen LogP contribution < -0.4 is 10.9 Å². The predicted molar refractivity (Wildman–Crippen MR) is 92.6 cm³/mol. The van der Waals surface area contributed by atoms with Gasteiger partial charge in [0.1, 0.15) is 6.54 Å². The summed E-state index contributed by atoms with van der Waals surface area (Å²) in [5.41, 5.74) is -0.0916. The molecular weight excluding hydrogens is 385 g/mol. The highest BCUT2D eigenvalue weighted by molar-refractivity contribution is 7.99. The fraction of sp³-hybridized carbons (Fsp3) is 0.500. The van der Waals surface area contributed by atoms with Gasteiger partial charge < -0.3 is 10.1 Å². The third kappa shape index (κ3) is 5.19. The smallest absolute Gasteiger partial charge is 0.376 e. The van der Waals surface area contributed by atoms with Gasteiger partial charge in [0.25, 0.3) is 5.56 Å². The standard InChI is InChI=1S/C16H17F3N4O3S/c17-16(18,19)9-21-12(24)8-27-15-22-13-11(4-1-5-20-13)14(25)23(15)7-10-3-2-6-26-10/h1,4-5,10H,2-3,6-9H2,(H,21,24)/t10-/m0/s1. The summed E-state index contributed by atoms with van der Waals surface area (Å²) in [6.07, 6.45) is -1.44. The number of thioether (sulfide) groups is 1. The van der Waals surface area contributed by atoms with Crippen LogP contribution in [-0.2, 0) is 16.1 Å². The van der Waals surface area contributed by atoms with Crippen LogP contribution in [0.25, 0.3) is 11.0 Å². The van der Waals surface area contributed by atoms with Crippen molar-refractivity contribution >= 4 is 28.7 Å². The molecule has 0 bridgehead atoms. The van der Waals surface area contributed by atoms with Crippen molar-refractivity contribution in [2.75, 3.05) is 18.9 Å². The molecular formula is C16H17F3N4O3S. The number of amides is 1. The molecule has 1 saturated heterocycles. The van der Waals surface area contributed by atoms with E-state index in [-0.39, 0.29) is 34.8 Å². The second kappa shape index (κ2) is 8.26. The molecule has 27 heavy (non-hydrogen) atoms. The number of rotatable bonds is 6. The number of aromatic nitrogens is 3. The second-order valence-electron chi connectivity index (χ2n) is 6.00. The number of carbonyl (C=O) groups excluding carboxylic acids is 1. The summed E-state index contributed by atoms with van der Waals surface area (Å²) in [7, 11) is 0. The molecule has 0 saturated carbocycles. The minimum absolute atomic E-state index is 0.142. The molecule has 0 radical (unpaired) electrons. The van der Waals surface area contributed by atoms with Gasteiger partial charge in [-0.15, -0.1) is 0 Å². The predicted octanol–water partition coefficient (Wildman–Crippen LogP) is 1.74. The number of hydrogen-bond donors (Lipinski definition) is 1. The zero-order chi connectivity index (χ0) is 19.4. The highest BCUT2D eigenvalue weighted by atomic mass is 32.2. The summed E-state index contributed by atoms with van der Waals surface area (Å²) in [6.45, 7) is -0.519. The molecule has 3 heterocycles. The van der Waals surface area contributed by atoms with E-state index >= 15 is 0 Å². The Balaban J connectivity index is 1.81. The molecule has 1 atom stereocenters. The minimum Gasteiger partial charge on any atom is -0.376 e. The van der Waals surface area contributed by atoms with Crippen LogP contribution in [0, 0.1) is 0 Å². The molecule has 0 aliphatic carbocycles. The second-order valence-corrected chi connectivity index (χ2v) is 6.94. The maximum absolute atomic E-state index is 12.8.